The van der Waals surface area contributed by atoms with Gasteiger partial charge >= 0.3 is 0 Å². The van der Waals surface area contributed by atoms with E-state index in [1.807, 2.05) is 13.2 Å². The van der Waals surface area contributed by atoms with Crippen molar-refractivity contribution >= 4 is 22.9 Å². The van der Waals surface area contributed by atoms with Gasteiger partial charge in [0.1, 0.15) is 16.9 Å². The van der Waals surface area contributed by atoms with Crippen molar-refractivity contribution in [2.24, 2.45) is 0 Å². The van der Waals surface area contributed by atoms with Gasteiger partial charge in [-0.25, -0.2) is 9.97 Å². The van der Waals surface area contributed by atoms with Crippen LogP contribution < -0.4 is 4.74 Å². The van der Waals surface area contributed by atoms with Gasteiger partial charge in [-0.3, -0.25) is 4.98 Å². The number of aromatic nitrogens is 4. The van der Waals surface area contributed by atoms with Gasteiger partial charge in [0.25, 0.3) is 6.01 Å². The van der Waals surface area contributed by atoms with Gasteiger partial charge in [0.05, 0.1) is 6.61 Å². The van der Waals surface area contributed by atoms with Crippen molar-refractivity contribution in [2.45, 2.75) is 11.9 Å². The molecule has 0 aliphatic carbocycles. The third kappa shape index (κ3) is 1.52. The zero-order valence-corrected chi connectivity index (χ0v) is 8.76. The van der Waals surface area contributed by atoms with E-state index in [9.17, 15) is 0 Å². The second-order valence-electron chi connectivity index (χ2n) is 2.56. The first kappa shape index (κ1) is 9.26. The highest BCUT2D eigenvalue weighted by Crippen LogP contribution is 2.22. The average Bonchev–Trinajstić information content (AvgIpc) is 2.60. The highest BCUT2D eigenvalue weighted by atomic mass is 32.2. The van der Waals surface area contributed by atoms with Gasteiger partial charge in [0.2, 0.25) is 0 Å². The van der Waals surface area contributed by atoms with Crippen LogP contribution in [0, 0.1) is 0 Å². The minimum atomic E-state index is 0.498. The van der Waals surface area contributed by atoms with Gasteiger partial charge < -0.3 is 4.74 Å². The molecule has 74 valence electrons. The summed E-state index contributed by atoms with van der Waals surface area (Å²) in [6.07, 6.45) is 3.47. The van der Waals surface area contributed by atoms with Gasteiger partial charge in [0, 0.05) is 0 Å². The molecule has 2 rings (SSSR count). The fourth-order valence-electron chi connectivity index (χ4n) is 1.14. The number of aromatic amines is 1. The number of fused-ring (bicyclic) bond motifs is 1. The number of rotatable bonds is 3. The number of hydrogen-bond donors (Lipinski definition) is 1. The fourth-order valence-corrected chi connectivity index (χ4v) is 1.63. The number of imidazole rings is 1. The van der Waals surface area contributed by atoms with Crippen LogP contribution in [0.5, 0.6) is 6.01 Å². The van der Waals surface area contributed by atoms with Crippen molar-refractivity contribution in [2.75, 3.05) is 12.9 Å². The molecule has 0 saturated carbocycles. The molecule has 0 saturated heterocycles. The summed E-state index contributed by atoms with van der Waals surface area (Å²) in [5.74, 6) is 0. The van der Waals surface area contributed by atoms with Crippen molar-refractivity contribution in [3.05, 3.63) is 6.33 Å². The molecule has 0 fully saturated rings. The Kier molecular flexibility index (Phi) is 2.53. The van der Waals surface area contributed by atoms with E-state index in [4.69, 9.17) is 4.74 Å². The van der Waals surface area contributed by atoms with E-state index in [2.05, 4.69) is 19.9 Å². The SMILES string of the molecule is CCOc1nc2c(SC)ncnc2[nH]1. The van der Waals surface area contributed by atoms with Crippen LogP contribution in [0.4, 0.5) is 0 Å². The first-order valence-corrected chi connectivity index (χ1v) is 5.45. The summed E-state index contributed by atoms with van der Waals surface area (Å²) in [5.41, 5.74) is 1.48. The van der Waals surface area contributed by atoms with Gasteiger partial charge in [-0.15, -0.1) is 11.8 Å². The first-order chi connectivity index (χ1) is 6.85. The molecule has 0 aromatic carbocycles. The van der Waals surface area contributed by atoms with Crippen LogP contribution in [0.15, 0.2) is 11.4 Å². The van der Waals surface area contributed by atoms with Crippen molar-refractivity contribution in [3.63, 3.8) is 0 Å². The Morgan fingerprint density at radius 2 is 2.36 bits per heavy atom. The Bertz CT molecular complexity index is 442. The zero-order chi connectivity index (χ0) is 9.97. The Labute approximate surface area is 85.3 Å². The minimum Gasteiger partial charge on any atom is -0.465 e. The van der Waals surface area contributed by atoms with Gasteiger partial charge in [0.15, 0.2) is 5.65 Å². The molecule has 2 aromatic heterocycles. The number of ether oxygens (including phenoxy) is 1. The maximum Gasteiger partial charge on any atom is 0.295 e. The second kappa shape index (κ2) is 3.83. The summed E-state index contributed by atoms with van der Waals surface area (Å²) >= 11 is 1.54. The molecule has 0 aliphatic heterocycles. The molecule has 0 radical (unpaired) electrons. The van der Waals surface area contributed by atoms with Crippen LogP contribution in [0.2, 0.25) is 0 Å². The Balaban J connectivity index is 2.52. The minimum absolute atomic E-state index is 0.498. The van der Waals surface area contributed by atoms with E-state index < -0.39 is 0 Å². The predicted octanol–water partition coefficient (Wildman–Crippen LogP) is 1.47. The normalized spacial score (nSPS) is 10.7. The van der Waals surface area contributed by atoms with Crippen molar-refractivity contribution in [3.8, 4) is 6.01 Å². The van der Waals surface area contributed by atoms with Crippen molar-refractivity contribution in [1.29, 1.82) is 0 Å². The standard InChI is InChI=1S/C8H10N4OS/c1-3-13-8-11-5-6(12-8)9-4-10-7(5)14-2/h4H,3H2,1-2H3,(H,9,10,11,12). The molecule has 1 N–H and O–H groups in total. The molecule has 0 aliphatic rings. The van der Waals surface area contributed by atoms with Crippen molar-refractivity contribution < 1.29 is 4.74 Å². The molecule has 14 heavy (non-hydrogen) atoms. The maximum atomic E-state index is 5.25. The van der Waals surface area contributed by atoms with Crippen LogP contribution in [-0.4, -0.2) is 32.8 Å². The smallest absolute Gasteiger partial charge is 0.295 e. The molecule has 0 amide bonds. The highest BCUT2D eigenvalue weighted by molar-refractivity contribution is 7.98. The summed E-state index contributed by atoms with van der Waals surface area (Å²) < 4.78 is 5.25. The molecular weight excluding hydrogens is 200 g/mol. The lowest BCUT2D eigenvalue weighted by molar-refractivity contribution is 0.317. The Morgan fingerprint density at radius 1 is 1.50 bits per heavy atom. The average molecular weight is 210 g/mol. The van der Waals surface area contributed by atoms with E-state index in [1.54, 1.807) is 11.8 Å². The second-order valence-corrected chi connectivity index (χ2v) is 3.35. The monoisotopic (exact) mass is 210 g/mol. The molecule has 0 unspecified atom stereocenters. The largest absolute Gasteiger partial charge is 0.465 e. The lowest BCUT2D eigenvalue weighted by Gasteiger charge is -1.93. The molecule has 6 heteroatoms. The van der Waals surface area contributed by atoms with Crippen LogP contribution in [0.1, 0.15) is 6.92 Å². The summed E-state index contributed by atoms with van der Waals surface area (Å²) in [6.45, 7) is 2.50. The highest BCUT2D eigenvalue weighted by Gasteiger charge is 2.08. The van der Waals surface area contributed by atoms with E-state index in [0.29, 0.717) is 18.3 Å². The van der Waals surface area contributed by atoms with Crippen LogP contribution in [0.3, 0.4) is 0 Å². The number of hydrogen-bond acceptors (Lipinski definition) is 5. The Hall–Kier alpha value is -1.30. The quantitative estimate of drug-likeness (QED) is 0.614. The summed E-state index contributed by atoms with van der Waals surface area (Å²) in [5, 5.41) is 0.859. The molecule has 5 nitrogen and oxygen atoms in total. The third-order valence-corrected chi connectivity index (χ3v) is 2.39. The topological polar surface area (TPSA) is 63.7 Å². The van der Waals surface area contributed by atoms with Crippen molar-refractivity contribution in [1.82, 2.24) is 19.9 Å². The summed E-state index contributed by atoms with van der Waals surface area (Å²) in [7, 11) is 0. The molecule has 2 aromatic rings. The zero-order valence-electron chi connectivity index (χ0n) is 7.94. The van der Waals surface area contributed by atoms with Crippen LogP contribution in [-0.2, 0) is 0 Å². The molecule has 0 atom stereocenters. The van der Waals surface area contributed by atoms with E-state index in [0.717, 1.165) is 10.5 Å². The number of thioether (sulfide) groups is 1. The van der Waals surface area contributed by atoms with Gasteiger partial charge in [-0.2, -0.15) is 4.98 Å². The molecule has 0 bridgehead atoms. The lowest BCUT2D eigenvalue weighted by Crippen LogP contribution is -1.92. The predicted molar refractivity (Wildman–Crippen MR) is 54.6 cm³/mol. The van der Waals surface area contributed by atoms with E-state index in [-0.39, 0.29) is 0 Å². The van der Waals surface area contributed by atoms with E-state index >= 15 is 0 Å². The molecule has 2 heterocycles. The molecular formula is C8H10N4OS. The van der Waals surface area contributed by atoms with Gasteiger partial charge in [-0.1, -0.05) is 0 Å². The van der Waals surface area contributed by atoms with Gasteiger partial charge in [-0.05, 0) is 13.2 Å². The summed E-state index contributed by atoms with van der Waals surface area (Å²) in [6, 6.07) is 0.498. The summed E-state index contributed by atoms with van der Waals surface area (Å²) in [4.78, 5) is 15.4. The third-order valence-electron chi connectivity index (χ3n) is 1.70. The number of nitrogens with zero attached hydrogens (tertiary/aromatic N) is 3. The fraction of sp³-hybridized carbons (Fsp3) is 0.375. The number of H-pyrrole nitrogens is 1. The van der Waals surface area contributed by atoms with Crippen LogP contribution >= 0.6 is 11.8 Å². The van der Waals surface area contributed by atoms with Crippen LogP contribution in [0.25, 0.3) is 11.2 Å². The molecule has 0 spiro atoms. The maximum absolute atomic E-state index is 5.25. The Morgan fingerprint density at radius 3 is 3.07 bits per heavy atom. The first-order valence-electron chi connectivity index (χ1n) is 4.22. The van der Waals surface area contributed by atoms with E-state index in [1.165, 1.54) is 6.33 Å². The number of nitrogens with one attached hydrogen (secondary N) is 1. The lowest BCUT2D eigenvalue weighted by atomic mass is 10.6.